The van der Waals surface area contributed by atoms with Crippen LogP contribution in [0, 0.1) is 0 Å². The van der Waals surface area contributed by atoms with Gasteiger partial charge in [-0.2, -0.15) is 0 Å². The Kier molecular flexibility index (Phi) is 6.55. The van der Waals surface area contributed by atoms with Gasteiger partial charge in [-0.3, -0.25) is 19.3 Å². The molecular weight excluding hydrogens is 434 g/mol. The Bertz CT molecular complexity index is 1060. The number of hydrogen-bond acceptors (Lipinski definition) is 5. The molecule has 0 aliphatic carbocycles. The van der Waals surface area contributed by atoms with Crippen LogP contribution in [0.5, 0.6) is 0 Å². The summed E-state index contributed by atoms with van der Waals surface area (Å²) in [5, 5.41) is 3.00. The van der Waals surface area contributed by atoms with Gasteiger partial charge >= 0.3 is 6.09 Å². The van der Waals surface area contributed by atoms with Crippen LogP contribution in [0.4, 0.5) is 4.79 Å². The maximum atomic E-state index is 12.8. The number of hydrogen-bond donors (Lipinski definition) is 2. The monoisotopic (exact) mass is 457 g/mol. The third-order valence-electron chi connectivity index (χ3n) is 4.81. The van der Waals surface area contributed by atoms with Crippen molar-refractivity contribution in [1.82, 2.24) is 10.2 Å². The molecule has 1 heterocycles. The van der Waals surface area contributed by atoms with Crippen molar-refractivity contribution in [3.8, 4) is 0 Å². The summed E-state index contributed by atoms with van der Waals surface area (Å²) in [5.74, 6) is -1.48. The summed E-state index contributed by atoms with van der Waals surface area (Å²) in [4.78, 5) is 50.5. The molecule has 0 aromatic heterocycles. The van der Waals surface area contributed by atoms with Gasteiger partial charge in [0.2, 0.25) is 5.91 Å². The Hall–Kier alpha value is -3.39. The van der Waals surface area contributed by atoms with E-state index in [1.165, 1.54) is 12.1 Å². The van der Waals surface area contributed by atoms with Crippen LogP contribution >= 0.6 is 11.6 Å². The van der Waals surface area contributed by atoms with Gasteiger partial charge in [-0.05, 0) is 57.0 Å². The number of alkyl carbamates (subject to hydrolysis) is 1. The van der Waals surface area contributed by atoms with Crippen molar-refractivity contribution in [1.29, 1.82) is 0 Å². The number of benzene rings is 2. The Labute approximate surface area is 190 Å². The minimum absolute atomic E-state index is 0.0838. The molecule has 3 N–H and O–H groups in total. The molecule has 9 heteroatoms. The lowest BCUT2D eigenvalue weighted by atomic mass is 10.0. The molecule has 168 valence electrons. The number of carbonyl (C=O) groups is 4. The van der Waals surface area contributed by atoms with Crippen molar-refractivity contribution in [3.63, 3.8) is 0 Å². The van der Waals surface area contributed by atoms with E-state index in [4.69, 9.17) is 22.1 Å². The molecule has 0 radical (unpaired) electrons. The lowest BCUT2D eigenvalue weighted by molar-refractivity contribution is 0.0468. The average molecular weight is 458 g/mol. The van der Waals surface area contributed by atoms with Crippen LogP contribution in [0.25, 0.3) is 0 Å². The van der Waals surface area contributed by atoms with Crippen LogP contribution in [0.3, 0.4) is 0 Å². The SMILES string of the molecule is CC(C)(C)OC(=O)N[C@@H](Cc1ccc(C(N)=O)cc1Cl)CN1C(=O)c2ccccc2C1=O. The van der Waals surface area contributed by atoms with E-state index < -0.39 is 35.5 Å². The van der Waals surface area contributed by atoms with Crippen molar-refractivity contribution in [2.75, 3.05) is 6.54 Å². The highest BCUT2D eigenvalue weighted by atomic mass is 35.5. The fourth-order valence-corrected chi connectivity index (χ4v) is 3.65. The molecular formula is C23H24ClN3O5. The fraction of sp³-hybridized carbons (Fsp3) is 0.304. The Balaban J connectivity index is 1.85. The van der Waals surface area contributed by atoms with Crippen molar-refractivity contribution in [2.45, 2.75) is 38.8 Å². The summed E-state index contributed by atoms with van der Waals surface area (Å²) in [6.07, 6.45) is -0.506. The molecule has 3 rings (SSSR count). The molecule has 1 aliphatic heterocycles. The summed E-state index contributed by atoms with van der Waals surface area (Å²) in [6, 6.07) is 10.4. The summed E-state index contributed by atoms with van der Waals surface area (Å²) < 4.78 is 5.33. The third kappa shape index (κ3) is 5.26. The normalized spacial score (nSPS) is 14.2. The number of nitrogens with zero attached hydrogens (tertiary/aromatic N) is 1. The van der Waals surface area contributed by atoms with Gasteiger partial charge in [0, 0.05) is 10.6 Å². The number of halogens is 1. The number of rotatable bonds is 6. The second-order valence-corrected chi connectivity index (χ2v) is 8.89. The number of carbonyl (C=O) groups excluding carboxylic acids is 4. The van der Waals surface area contributed by atoms with Gasteiger partial charge < -0.3 is 15.8 Å². The van der Waals surface area contributed by atoms with Crippen LogP contribution in [-0.4, -0.2) is 46.9 Å². The first-order valence-electron chi connectivity index (χ1n) is 9.99. The van der Waals surface area contributed by atoms with Gasteiger partial charge in [0.25, 0.3) is 11.8 Å². The molecule has 32 heavy (non-hydrogen) atoms. The van der Waals surface area contributed by atoms with E-state index in [9.17, 15) is 19.2 Å². The van der Waals surface area contributed by atoms with Crippen molar-refractivity contribution in [2.24, 2.45) is 5.73 Å². The summed E-state index contributed by atoms with van der Waals surface area (Å²) in [5.41, 5.74) is 6.04. The lowest BCUT2D eigenvalue weighted by Crippen LogP contribution is -2.48. The highest BCUT2D eigenvalue weighted by Crippen LogP contribution is 2.24. The van der Waals surface area contributed by atoms with E-state index in [2.05, 4.69) is 5.32 Å². The molecule has 0 fully saturated rings. The number of ether oxygens (including phenoxy) is 1. The first-order valence-corrected chi connectivity index (χ1v) is 10.4. The zero-order chi connectivity index (χ0) is 23.6. The quantitative estimate of drug-likeness (QED) is 0.646. The molecule has 2 aromatic carbocycles. The highest BCUT2D eigenvalue weighted by Gasteiger charge is 2.37. The Morgan fingerprint density at radius 2 is 1.69 bits per heavy atom. The molecule has 0 saturated heterocycles. The number of fused-ring (bicyclic) bond motifs is 1. The molecule has 0 saturated carbocycles. The summed E-state index contributed by atoms with van der Waals surface area (Å²) in [6.45, 7) is 5.10. The predicted molar refractivity (Wildman–Crippen MR) is 119 cm³/mol. The smallest absolute Gasteiger partial charge is 0.407 e. The first-order chi connectivity index (χ1) is 15.0. The van der Waals surface area contributed by atoms with Crippen molar-refractivity contribution < 1.29 is 23.9 Å². The number of nitrogens with two attached hydrogens (primary N) is 1. The van der Waals surface area contributed by atoms with E-state index in [1.807, 2.05) is 0 Å². The summed E-state index contributed by atoms with van der Waals surface area (Å²) >= 11 is 6.31. The molecule has 1 aliphatic rings. The zero-order valence-electron chi connectivity index (χ0n) is 18.0. The first kappa shape index (κ1) is 23.3. The maximum Gasteiger partial charge on any atom is 0.407 e. The van der Waals surface area contributed by atoms with Crippen LogP contribution in [0.2, 0.25) is 5.02 Å². The summed E-state index contributed by atoms with van der Waals surface area (Å²) in [7, 11) is 0. The molecule has 0 unspecified atom stereocenters. The second kappa shape index (κ2) is 9.00. The molecule has 0 bridgehead atoms. The topological polar surface area (TPSA) is 119 Å². The van der Waals surface area contributed by atoms with Crippen molar-refractivity contribution >= 4 is 35.4 Å². The van der Waals surface area contributed by atoms with Crippen LogP contribution < -0.4 is 11.1 Å². The minimum Gasteiger partial charge on any atom is -0.444 e. The van der Waals surface area contributed by atoms with Gasteiger partial charge in [0.05, 0.1) is 23.7 Å². The van der Waals surface area contributed by atoms with E-state index >= 15 is 0 Å². The minimum atomic E-state index is -0.731. The van der Waals surface area contributed by atoms with Gasteiger partial charge in [-0.15, -0.1) is 0 Å². The molecule has 2 aromatic rings. The van der Waals surface area contributed by atoms with E-state index in [-0.39, 0.29) is 23.6 Å². The predicted octanol–water partition coefficient (Wildman–Crippen LogP) is 3.17. The van der Waals surface area contributed by atoms with Crippen LogP contribution in [0.1, 0.15) is 57.4 Å². The van der Waals surface area contributed by atoms with E-state index in [0.717, 1.165) is 4.90 Å². The standard InChI is InChI=1S/C23H24ClN3O5/c1-23(2,3)32-22(31)26-15(10-13-8-9-14(19(25)28)11-18(13)24)12-27-20(29)16-6-4-5-7-17(16)21(27)30/h4-9,11,15H,10,12H2,1-3H3,(H2,25,28)(H,26,31)/t15-/m0/s1. The largest absolute Gasteiger partial charge is 0.444 e. The number of imide groups is 1. The maximum absolute atomic E-state index is 12.8. The molecule has 1 atom stereocenters. The van der Waals surface area contributed by atoms with Gasteiger partial charge in [0.1, 0.15) is 5.60 Å². The molecule has 0 spiro atoms. The zero-order valence-corrected chi connectivity index (χ0v) is 18.7. The second-order valence-electron chi connectivity index (χ2n) is 8.48. The Morgan fingerprint density at radius 1 is 1.09 bits per heavy atom. The third-order valence-corrected chi connectivity index (χ3v) is 5.16. The lowest BCUT2D eigenvalue weighted by Gasteiger charge is -2.26. The van der Waals surface area contributed by atoms with Crippen molar-refractivity contribution in [3.05, 3.63) is 69.7 Å². The van der Waals surface area contributed by atoms with Gasteiger partial charge in [-0.25, -0.2) is 4.79 Å². The number of nitrogens with one attached hydrogen (secondary N) is 1. The number of primary amides is 1. The van der Waals surface area contributed by atoms with E-state index in [1.54, 1.807) is 51.1 Å². The van der Waals surface area contributed by atoms with E-state index in [0.29, 0.717) is 16.7 Å². The average Bonchev–Trinajstić information content (AvgIpc) is 2.93. The van der Waals surface area contributed by atoms with Crippen LogP contribution in [-0.2, 0) is 11.2 Å². The molecule has 8 nitrogen and oxygen atoms in total. The van der Waals surface area contributed by atoms with Gasteiger partial charge in [0.15, 0.2) is 0 Å². The number of amides is 4. The highest BCUT2D eigenvalue weighted by molar-refractivity contribution is 6.31. The van der Waals surface area contributed by atoms with Gasteiger partial charge in [-0.1, -0.05) is 29.8 Å². The Morgan fingerprint density at radius 3 is 2.19 bits per heavy atom. The fourth-order valence-electron chi connectivity index (χ4n) is 3.39. The van der Waals surface area contributed by atoms with Crippen LogP contribution in [0.15, 0.2) is 42.5 Å². The molecule has 4 amide bonds.